The minimum atomic E-state index is -0.210. The summed E-state index contributed by atoms with van der Waals surface area (Å²) < 4.78 is 12.9. The first-order valence-corrected chi connectivity index (χ1v) is 5.73. The van der Waals surface area contributed by atoms with Crippen molar-refractivity contribution < 1.29 is 4.39 Å². The summed E-state index contributed by atoms with van der Waals surface area (Å²) in [7, 11) is 0. The third kappa shape index (κ3) is 2.29. The van der Waals surface area contributed by atoms with Crippen molar-refractivity contribution in [3.05, 3.63) is 71.0 Å². The number of hydrogen-bond acceptors (Lipinski definition) is 1. The average Bonchev–Trinajstić information content (AvgIpc) is 2.39. The van der Waals surface area contributed by atoms with Crippen LogP contribution in [0.15, 0.2) is 53.5 Å². The maximum atomic E-state index is 12.9. The Morgan fingerprint density at radius 1 is 0.944 bits per heavy atom. The maximum Gasteiger partial charge on any atom is 0.123 e. The van der Waals surface area contributed by atoms with Gasteiger partial charge >= 0.3 is 0 Å². The lowest BCUT2D eigenvalue weighted by molar-refractivity contribution is 0.628. The molecule has 0 saturated heterocycles. The number of benzene rings is 2. The van der Waals surface area contributed by atoms with Gasteiger partial charge in [-0.3, -0.25) is 4.99 Å². The van der Waals surface area contributed by atoms with Gasteiger partial charge in [0.05, 0.1) is 5.71 Å². The molecule has 0 atom stereocenters. The zero-order valence-electron chi connectivity index (χ0n) is 9.77. The van der Waals surface area contributed by atoms with Crippen LogP contribution in [0.5, 0.6) is 0 Å². The Labute approximate surface area is 112 Å². The van der Waals surface area contributed by atoms with E-state index in [0.717, 1.165) is 24.2 Å². The molecular formula is C15H13ClFN. The van der Waals surface area contributed by atoms with Crippen LogP contribution in [0.4, 0.5) is 4.39 Å². The molecule has 1 aliphatic rings. The smallest absolute Gasteiger partial charge is 0.123 e. The van der Waals surface area contributed by atoms with Gasteiger partial charge in [-0.05, 0) is 36.2 Å². The first kappa shape index (κ1) is 12.8. The molecule has 0 radical (unpaired) electrons. The second-order valence-electron chi connectivity index (χ2n) is 4.14. The molecule has 18 heavy (non-hydrogen) atoms. The topological polar surface area (TPSA) is 12.4 Å². The summed E-state index contributed by atoms with van der Waals surface area (Å²) in [6, 6.07) is 14.8. The largest absolute Gasteiger partial charge is 0.284 e. The van der Waals surface area contributed by atoms with Crippen molar-refractivity contribution in [1.82, 2.24) is 0 Å². The molecule has 0 bridgehead atoms. The lowest BCUT2D eigenvalue weighted by Gasteiger charge is -2.16. The molecule has 2 aromatic rings. The minimum Gasteiger partial charge on any atom is -0.284 e. The molecule has 0 N–H and O–H groups in total. The van der Waals surface area contributed by atoms with Crippen LogP contribution >= 0.6 is 12.4 Å². The van der Waals surface area contributed by atoms with Crippen LogP contribution in [0.25, 0.3) is 0 Å². The molecule has 0 unspecified atom stereocenters. The molecule has 92 valence electrons. The van der Waals surface area contributed by atoms with E-state index in [2.05, 4.69) is 17.1 Å². The molecule has 0 fully saturated rings. The van der Waals surface area contributed by atoms with Crippen LogP contribution in [0.1, 0.15) is 16.7 Å². The highest BCUT2D eigenvalue weighted by atomic mass is 35.5. The summed E-state index contributed by atoms with van der Waals surface area (Å²) >= 11 is 0. The minimum absolute atomic E-state index is 0. The van der Waals surface area contributed by atoms with Gasteiger partial charge in [0.25, 0.3) is 0 Å². The van der Waals surface area contributed by atoms with Crippen molar-refractivity contribution >= 4 is 18.1 Å². The third-order valence-corrected chi connectivity index (χ3v) is 3.04. The van der Waals surface area contributed by atoms with Crippen LogP contribution < -0.4 is 0 Å². The molecule has 0 saturated carbocycles. The normalized spacial score (nSPS) is 13.3. The van der Waals surface area contributed by atoms with Gasteiger partial charge < -0.3 is 0 Å². The van der Waals surface area contributed by atoms with Crippen LogP contribution in [-0.4, -0.2) is 12.3 Å². The number of aliphatic imine (C=N–C) groups is 1. The van der Waals surface area contributed by atoms with E-state index in [0.29, 0.717) is 0 Å². The van der Waals surface area contributed by atoms with Crippen LogP contribution in [-0.2, 0) is 6.42 Å². The van der Waals surface area contributed by atoms with E-state index < -0.39 is 0 Å². The number of rotatable bonds is 1. The fraction of sp³-hybridized carbons (Fsp3) is 0.133. The molecule has 1 aliphatic heterocycles. The first-order chi connectivity index (χ1) is 8.34. The molecule has 1 nitrogen and oxygen atoms in total. The SMILES string of the molecule is Cl.Fc1ccc(C2=NCCc3ccccc32)cc1. The van der Waals surface area contributed by atoms with E-state index in [9.17, 15) is 4.39 Å². The molecule has 0 aromatic heterocycles. The van der Waals surface area contributed by atoms with Gasteiger partial charge in [0.1, 0.15) is 5.82 Å². The van der Waals surface area contributed by atoms with Crippen molar-refractivity contribution in [2.75, 3.05) is 6.54 Å². The summed E-state index contributed by atoms with van der Waals surface area (Å²) in [4.78, 5) is 4.56. The summed E-state index contributed by atoms with van der Waals surface area (Å²) in [6.45, 7) is 0.809. The van der Waals surface area contributed by atoms with Crippen LogP contribution in [0.2, 0.25) is 0 Å². The summed E-state index contributed by atoms with van der Waals surface area (Å²) in [5.41, 5.74) is 4.46. The highest BCUT2D eigenvalue weighted by molar-refractivity contribution is 6.14. The summed E-state index contributed by atoms with van der Waals surface area (Å²) in [5, 5.41) is 0. The number of halogens is 2. The van der Waals surface area contributed by atoms with Gasteiger partial charge in [0, 0.05) is 17.7 Å². The van der Waals surface area contributed by atoms with Crippen molar-refractivity contribution in [2.45, 2.75) is 6.42 Å². The van der Waals surface area contributed by atoms with Gasteiger partial charge in [0.2, 0.25) is 0 Å². The van der Waals surface area contributed by atoms with E-state index in [1.807, 2.05) is 12.1 Å². The quantitative estimate of drug-likeness (QED) is 0.743. The molecule has 3 rings (SSSR count). The highest BCUT2D eigenvalue weighted by Crippen LogP contribution is 2.20. The molecule has 0 aliphatic carbocycles. The predicted molar refractivity (Wildman–Crippen MR) is 74.3 cm³/mol. The molecule has 2 aromatic carbocycles. The molecule has 0 spiro atoms. The van der Waals surface area contributed by atoms with Crippen molar-refractivity contribution in [3.63, 3.8) is 0 Å². The van der Waals surface area contributed by atoms with E-state index in [1.165, 1.54) is 23.3 Å². The first-order valence-electron chi connectivity index (χ1n) is 5.73. The Morgan fingerprint density at radius 3 is 2.44 bits per heavy atom. The lowest BCUT2D eigenvalue weighted by Crippen LogP contribution is -2.13. The maximum absolute atomic E-state index is 12.9. The Kier molecular flexibility index (Phi) is 3.78. The molecular weight excluding hydrogens is 249 g/mol. The predicted octanol–water partition coefficient (Wildman–Crippen LogP) is 3.64. The van der Waals surface area contributed by atoms with Crippen molar-refractivity contribution in [1.29, 1.82) is 0 Å². The fourth-order valence-corrected chi connectivity index (χ4v) is 2.20. The van der Waals surface area contributed by atoms with E-state index in [4.69, 9.17) is 0 Å². The highest BCUT2D eigenvalue weighted by Gasteiger charge is 2.14. The molecule has 3 heteroatoms. The van der Waals surface area contributed by atoms with Gasteiger partial charge in [-0.1, -0.05) is 24.3 Å². The van der Waals surface area contributed by atoms with Crippen molar-refractivity contribution in [3.8, 4) is 0 Å². The average molecular weight is 262 g/mol. The lowest BCUT2D eigenvalue weighted by atomic mass is 9.93. The zero-order chi connectivity index (χ0) is 11.7. The fourth-order valence-electron chi connectivity index (χ4n) is 2.20. The number of nitrogens with zero attached hydrogens (tertiary/aromatic N) is 1. The van der Waals surface area contributed by atoms with E-state index >= 15 is 0 Å². The Morgan fingerprint density at radius 2 is 1.67 bits per heavy atom. The summed E-state index contributed by atoms with van der Waals surface area (Å²) in [6.07, 6.45) is 0.987. The van der Waals surface area contributed by atoms with Gasteiger partial charge in [-0.15, -0.1) is 12.4 Å². The summed E-state index contributed by atoms with van der Waals surface area (Å²) in [5.74, 6) is -0.210. The molecule has 1 heterocycles. The van der Waals surface area contributed by atoms with E-state index in [-0.39, 0.29) is 18.2 Å². The third-order valence-electron chi connectivity index (χ3n) is 3.04. The number of hydrogen-bond donors (Lipinski definition) is 0. The van der Waals surface area contributed by atoms with E-state index in [1.54, 1.807) is 12.1 Å². The second kappa shape index (κ2) is 5.32. The Bertz CT molecular complexity index is 575. The van der Waals surface area contributed by atoms with Crippen LogP contribution in [0.3, 0.4) is 0 Å². The zero-order valence-corrected chi connectivity index (χ0v) is 10.6. The van der Waals surface area contributed by atoms with Crippen molar-refractivity contribution in [2.24, 2.45) is 4.99 Å². The Hall–Kier alpha value is -1.67. The Balaban J connectivity index is 0.00000120. The standard InChI is InChI=1S/C15H12FN.ClH/c16-13-7-5-12(6-8-13)15-14-4-2-1-3-11(14)9-10-17-15;/h1-8H,9-10H2;1H. The van der Waals surface area contributed by atoms with Crippen LogP contribution in [0, 0.1) is 5.82 Å². The van der Waals surface area contributed by atoms with Gasteiger partial charge in [-0.2, -0.15) is 0 Å². The van der Waals surface area contributed by atoms with Gasteiger partial charge in [-0.25, -0.2) is 4.39 Å². The monoisotopic (exact) mass is 261 g/mol. The number of fused-ring (bicyclic) bond motifs is 1. The van der Waals surface area contributed by atoms with Gasteiger partial charge in [0.15, 0.2) is 0 Å². The molecule has 0 amide bonds. The second-order valence-corrected chi connectivity index (χ2v) is 4.14.